The number of hydrogen-bond acceptors (Lipinski definition) is 2. The molecular formula is C14H24FNOSi. The van der Waals surface area contributed by atoms with Gasteiger partial charge in [0.15, 0.2) is 8.32 Å². The molecule has 0 aromatic carbocycles. The molecule has 0 saturated heterocycles. The molecule has 0 bridgehead atoms. The SMILES string of the molecule is CC(C)C[Si](C)(C)OCCCc1ccc(F)nc1. The fourth-order valence-electron chi connectivity index (χ4n) is 2.22. The molecule has 0 aliphatic heterocycles. The highest BCUT2D eigenvalue weighted by atomic mass is 28.4. The molecule has 0 fully saturated rings. The fourth-order valence-corrected chi connectivity index (χ4v) is 5.00. The van der Waals surface area contributed by atoms with Crippen molar-refractivity contribution in [2.45, 2.75) is 45.8 Å². The van der Waals surface area contributed by atoms with Crippen LogP contribution in [0.25, 0.3) is 0 Å². The topological polar surface area (TPSA) is 22.1 Å². The molecule has 0 atom stereocenters. The van der Waals surface area contributed by atoms with Crippen LogP contribution in [0.3, 0.4) is 0 Å². The second kappa shape index (κ2) is 7.00. The molecule has 0 spiro atoms. The summed E-state index contributed by atoms with van der Waals surface area (Å²) in [6.07, 6.45) is 3.48. The molecule has 0 saturated carbocycles. The minimum absolute atomic E-state index is 0.416. The minimum atomic E-state index is -1.49. The molecule has 0 radical (unpaired) electrons. The van der Waals surface area contributed by atoms with Gasteiger partial charge in [0.2, 0.25) is 5.95 Å². The van der Waals surface area contributed by atoms with Crippen molar-refractivity contribution in [2.24, 2.45) is 5.92 Å². The van der Waals surface area contributed by atoms with Crippen LogP contribution in [0.1, 0.15) is 25.8 Å². The smallest absolute Gasteiger partial charge is 0.212 e. The van der Waals surface area contributed by atoms with E-state index in [1.54, 1.807) is 12.3 Å². The van der Waals surface area contributed by atoms with Gasteiger partial charge >= 0.3 is 0 Å². The highest BCUT2D eigenvalue weighted by molar-refractivity contribution is 6.71. The molecule has 18 heavy (non-hydrogen) atoms. The van der Waals surface area contributed by atoms with E-state index in [9.17, 15) is 4.39 Å². The zero-order chi connectivity index (χ0) is 13.6. The molecule has 0 amide bonds. The summed E-state index contributed by atoms with van der Waals surface area (Å²) in [6, 6.07) is 4.40. The van der Waals surface area contributed by atoms with E-state index < -0.39 is 14.3 Å². The van der Waals surface area contributed by atoms with Gasteiger partial charge in [0.1, 0.15) is 0 Å². The predicted molar refractivity (Wildman–Crippen MR) is 75.6 cm³/mol. The summed E-state index contributed by atoms with van der Waals surface area (Å²) < 4.78 is 18.7. The van der Waals surface area contributed by atoms with Gasteiger partial charge in [0.25, 0.3) is 0 Å². The highest BCUT2D eigenvalue weighted by Gasteiger charge is 2.23. The van der Waals surface area contributed by atoms with E-state index in [1.165, 1.54) is 12.1 Å². The number of nitrogens with zero attached hydrogens (tertiary/aromatic N) is 1. The van der Waals surface area contributed by atoms with Gasteiger partial charge in [0, 0.05) is 12.8 Å². The van der Waals surface area contributed by atoms with Gasteiger partial charge in [-0.25, -0.2) is 4.98 Å². The Hall–Kier alpha value is -0.743. The molecule has 0 aliphatic rings. The van der Waals surface area contributed by atoms with Crippen molar-refractivity contribution in [1.82, 2.24) is 4.98 Å². The molecule has 1 aromatic rings. The zero-order valence-electron chi connectivity index (χ0n) is 11.9. The summed E-state index contributed by atoms with van der Waals surface area (Å²) in [6.45, 7) is 9.81. The summed E-state index contributed by atoms with van der Waals surface area (Å²) >= 11 is 0. The molecule has 0 aliphatic carbocycles. The van der Waals surface area contributed by atoms with Crippen molar-refractivity contribution >= 4 is 8.32 Å². The Balaban J connectivity index is 2.24. The Morgan fingerprint density at radius 2 is 2.06 bits per heavy atom. The van der Waals surface area contributed by atoms with E-state index in [4.69, 9.17) is 4.43 Å². The van der Waals surface area contributed by atoms with Crippen LogP contribution in [-0.2, 0) is 10.8 Å². The predicted octanol–water partition coefficient (Wildman–Crippen LogP) is 4.03. The van der Waals surface area contributed by atoms with Gasteiger partial charge in [-0.15, -0.1) is 0 Å². The molecule has 1 rings (SSSR count). The third-order valence-corrected chi connectivity index (χ3v) is 5.58. The molecule has 1 heterocycles. The third kappa shape index (κ3) is 6.26. The normalized spacial score (nSPS) is 12.1. The molecule has 0 unspecified atom stereocenters. The lowest BCUT2D eigenvalue weighted by Crippen LogP contribution is -2.32. The lowest BCUT2D eigenvalue weighted by atomic mass is 10.2. The lowest BCUT2D eigenvalue weighted by Gasteiger charge is -2.24. The van der Waals surface area contributed by atoms with E-state index in [2.05, 4.69) is 31.9 Å². The van der Waals surface area contributed by atoms with E-state index in [0.717, 1.165) is 25.0 Å². The first-order chi connectivity index (χ1) is 8.39. The van der Waals surface area contributed by atoms with Crippen LogP contribution in [0.4, 0.5) is 4.39 Å². The largest absolute Gasteiger partial charge is 0.417 e. The van der Waals surface area contributed by atoms with Crippen LogP contribution in [0, 0.1) is 11.9 Å². The van der Waals surface area contributed by atoms with E-state index in [-0.39, 0.29) is 0 Å². The zero-order valence-corrected chi connectivity index (χ0v) is 12.9. The van der Waals surface area contributed by atoms with Crippen LogP contribution in [0.5, 0.6) is 0 Å². The molecule has 0 N–H and O–H groups in total. The van der Waals surface area contributed by atoms with Crippen LogP contribution in [0.2, 0.25) is 19.1 Å². The Morgan fingerprint density at radius 3 is 2.61 bits per heavy atom. The van der Waals surface area contributed by atoms with Crippen molar-refractivity contribution in [3.8, 4) is 0 Å². The second-order valence-electron chi connectivity index (χ2n) is 5.80. The van der Waals surface area contributed by atoms with Crippen molar-refractivity contribution in [3.05, 3.63) is 29.8 Å². The van der Waals surface area contributed by atoms with E-state index in [0.29, 0.717) is 5.92 Å². The molecule has 102 valence electrons. The number of halogens is 1. The van der Waals surface area contributed by atoms with Crippen molar-refractivity contribution in [3.63, 3.8) is 0 Å². The van der Waals surface area contributed by atoms with Crippen molar-refractivity contribution < 1.29 is 8.82 Å². The van der Waals surface area contributed by atoms with Gasteiger partial charge in [0.05, 0.1) is 0 Å². The lowest BCUT2D eigenvalue weighted by molar-refractivity contribution is 0.296. The van der Waals surface area contributed by atoms with Crippen LogP contribution in [0.15, 0.2) is 18.3 Å². The molecular weight excluding hydrogens is 245 g/mol. The van der Waals surface area contributed by atoms with Crippen LogP contribution < -0.4 is 0 Å². The van der Waals surface area contributed by atoms with Crippen molar-refractivity contribution in [2.75, 3.05) is 6.61 Å². The first kappa shape index (κ1) is 15.3. The van der Waals surface area contributed by atoms with Crippen LogP contribution >= 0.6 is 0 Å². The Labute approximate surface area is 111 Å². The van der Waals surface area contributed by atoms with Gasteiger partial charge in [-0.2, -0.15) is 4.39 Å². The Morgan fingerprint density at radius 1 is 1.33 bits per heavy atom. The second-order valence-corrected chi connectivity index (χ2v) is 10.0. The molecule has 1 aromatic heterocycles. The van der Waals surface area contributed by atoms with Crippen LogP contribution in [-0.4, -0.2) is 19.9 Å². The number of aryl methyl sites for hydroxylation is 1. The summed E-state index contributed by atoms with van der Waals surface area (Å²) in [5.74, 6) is 0.286. The summed E-state index contributed by atoms with van der Waals surface area (Å²) in [4.78, 5) is 3.65. The monoisotopic (exact) mass is 269 g/mol. The average molecular weight is 269 g/mol. The van der Waals surface area contributed by atoms with E-state index in [1.807, 2.05) is 0 Å². The third-order valence-electron chi connectivity index (χ3n) is 2.79. The van der Waals surface area contributed by atoms with Gasteiger partial charge < -0.3 is 4.43 Å². The standard InChI is InChI=1S/C14H24FNOSi/c1-12(2)11-18(3,4)17-9-5-6-13-7-8-14(15)16-10-13/h7-8,10,12H,5-6,9,11H2,1-4H3. The van der Waals surface area contributed by atoms with Gasteiger partial charge in [-0.3, -0.25) is 0 Å². The number of hydrogen-bond donors (Lipinski definition) is 0. The number of aromatic nitrogens is 1. The molecule has 2 nitrogen and oxygen atoms in total. The maximum absolute atomic E-state index is 12.6. The first-order valence-electron chi connectivity index (χ1n) is 6.63. The highest BCUT2D eigenvalue weighted by Crippen LogP contribution is 2.18. The van der Waals surface area contributed by atoms with Crippen molar-refractivity contribution in [1.29, 1.82) is 0 Å². The quantitative estimate of drug-likeness (QED) is 0.423. The number of pyridine rings is 1. The molecule has 4 heteroatoms. The summed E-state index contributed by atoms with van der Waals surface area (Å²) in [5, 5.41) is 0. The minimum Gasteiger partial charge on any atom is -0.417 e. The fraction of sp³-hybridized carbons (Fsp3) is 0.643. The van der Waals surface area contributed by atoms with Gasteiger partial charge in [-0.05, 0) is 49.5 Å². The Kier molecular flexibility index (Phi) is 5.95. The van der Waals surface area contributed by atoms with E-state index >= 15 is 0 Å². The Bertz CT molecular complexity index is 351. The summed E-state index contributed by atoms with van der Waals surface area (Å²) in [5.41, 5.74) is 1.07. The first-order valence-corrected chi connectivity index (χ1v) is 9.75. The van der Waals surface area contributed by atoms with Gasteiger partial charge in [-0.1, -0.05) is 19.9 Å². The maximum Gasteiger partial charge on any atom is 0.212 e. The average Bonchev–Trinajstić information content (AvgIpc) is 2.25. The number of rotatable bonds is 7. The maximum atomic E-state index is 12.6. The summed E-state index contributed by atoms with van der Waals surface area (Å²) in [7, 11) is -1.49.